The summed E-state index contributed by atoms with van der Waals surface area (Å²) < 4.78 is 0. The number of hydrogen-bond acceptors (Lipinski definition) is 4. The van der Waals surface area contributed by atoms with Gasteiger partial charge in [-0.05, 0) is 12.8 Å². The van der Waals surface area contributed by atoms with Crippen LogP contribution in [0.4, 0.5) is 0 Å². The molecule has 5 heteroatoms. The summed E-state index contributed by atoms with van der Waals surface area (Å²) >= 11 is 1.60. The molecule has 1 unspecified atom stereocenters. The third kappa shape index (κ3) is 3.57. The van der Waals surface area contributed by atoms with Crippen LogP contribution in [0.25, 0.3) is 0 Å². The van der Waals surface area contributed by atoms with E-state index in [9.17, 15) is 4.79 Å². The van der Waals surface area contributed by atoms with Crippen molar-refractivity contribution in [3.63, 3.8) is 0 Å². The summed E-state index contributed by atoms with van der Waals surface area (Å²) in [5, 5.41) is 7.88. The van der Waals surface area contributed by atoms with E-state index in [4.69, 9.17) is 0 Å². The summed E-state index contributed by atoms with van der Waals surface area (Å²) in [6.07, 6.45) is 3.63. The largest absolute Gasteiger partial charge is 0.304 e. The number of amidine groups is 1. The molecule has 0 saturated heterocycles. The van der Waals surface area contributed by atoms with Crippen LogP contribution in [0.2, 0.25) is 0 Å². The highest BCUT2D eigenvalue weighted by Crippen LogP contribution is 2.19. The Labute approximate surface area is 88.9 Å². The van der Waals surface area contributed by atoms with Crippen LogP contribution in [0, 0.1) is 0 Å². The van der Waals surface area contributed by atoms with Crippen molar-refractivity contribution in [3.8, 4) is 0 Å². The van der Waals surface area contributed by atoms with Crippen molar-refractivity contribution < 1.29 is 4.79 Å². The fourth-order valence-electron chi connectivity index (χ4n) is 1.17. The van der Waals surface area contributed by atoms with E-state index in [2.05, 4.69) is 22.8 Å². The standard InChI is InChI=1S/C9H17N3OS/c1-3-5-7(13)10-9-12-11-8(14-9)6-4-2/h8,11H,3-6H2,1-2H3,(H,10,12,13). The minimum atomic E-state index is 0.0534. The number of hydrogen-bond donors (Lipinski definition) is 2. The minimum Gasteiger partial charge on any atom is -0.304 e. The molecular formula is C9H17N3OS. The molecule has 1 aliphatic heterocycles. The van der Waals surface area contributed by atoms with Gasteiger partial charge in [0.15, 0.2) is 5.17 Å². The van der Waals surface area contributed by atoms with Crippen molar-refractivity contribution >= 4 is 22.8 Å². The first-order chi connectivity index (χ1) is 6.76. The van der Waals surface area contributed by atoms with Crippen molar-refractivity contribution in [2.24, 2.45) is 5.10 Å². The number of rotatable bonds is 4. The number of nitrogens with zero attached hydrogens (tertiary/aromatic N) is 1. The van der Waals surface area contributed by atoms with E-state index >= 15 is 0 Å². The smallest absolute Gasteiger partial charge is 0.225 e. The third-order valence-corrected chi connectivity index (χ3v) is 2.88. The van der Waals surface area contributed by atoms with Crippen LogP contribution < -0.4 is 10.7 Å². The lowest BCUT2D eigenvalue weighted by atomic mass is 10.3. The van der Waals surface area contributed by atoms with Gasteiger partial charge in [-0.15, -0.1) is 0 Å². The quantitative estimate of drug-likeness (QED) is 0.749. The van der Waals surface area contributed by atoms with Gasteiger partial charge in [-0.25, -0.2) is 0 Å². The lowest BCUT2D eigenvalue weighted by Crippen LogP contribution is -2.27. The Morgan fingerprint density at radius 2 is 2.36 bits per heavy atom. The van der Waals surface area contributed by atoms with E-state index in [1.54, 1.807) is 11.8 Å². The van der Waals surface area contributed by atoms with Gasteiger partial charge in [0.25, 0.3) is 0 Å². The highest BCUT2D eigenvalue weighted by atomic mass is 32.2. The predicted molar refractivity (Wildman–Crippen MR) is 59.9 cm³/mol. The highest BCUT2D eigenvalue weighted by Gasteiger charge is 2.19. The molecule has 0 spiro atoms. The number of hydrazone groups is 1. The van der Waals surface area contributed by atoms with Gasteiger partial charge in [0, 0.05) is 6.42 Å². The van der Waals surface area contributed by atoms with Gasteiger partial charge in [0.1, 0.15) is 0 Å². The fraction of sp³-hybridized carbons (Fsp3) is 0.778. The number of nitrogens with one attached hydrogen (secondary N) is 2. The monoisotopic (exact) mass is 215 g/mol. The first-order valence-electron chi connectivity index (χ1n) is 5.06. The molecule has 1 rings (SSSR count). The second-order valence-corrected chi connectivity index (χ2v) is 4.43. The number of carbonyl (C=O) groups is 1. The van der Waals surface area contributed by atoms with E-state index in [-0.39, 0.29) is 5.91 Å². The first kappa shape index (κ1) is 11.4. The van der Waals surface area contributed by atoms with E-state index < -0.39 is 0 Å². The summed E-state index contributed by atoms with van der Waals surface area (Å²) in [7, 11) is 0. The normalized spacial score (nSPS) is 20.1. The summed E-state index contributed by atoms with van der Waals surface area (Å²) in [6.45, 7) is 4.12. The Balaban J connectivity index is 2.24. The van der Waals surface area contributed by atoms with Gasteiger partial charge >= 0.3 is 0 Å². The van der Waals surface area contributed by atoms with E-state index in [1.807, 2.05) is 6.92 Å². The Kier molecular flexibility index (Phi) is 4.79. The molecule has 1 heterocycles. The zero-order chi connectivity index (χ0) is 10.4. The maximum atomic E-state index is 11.2. The molecule has 0 saturated carbocycles. The van der Waals surface area contributed by atoms with E-state index in [1.165, 1.54) is 0 Å². The second-order valence-electron chi connectivity index (χ2n) is 3.24. The van der Waals surface area contributed by atoms with E-state index in [0.29, 0.717) is 17.0 Å². The lowest BCUT2D eigenvalue weighted by Gasteiger charge is -2.06. The number of amides is 1. The van der Waals surface area contributed by atoms with Gasteiger partial charge in [0.2, 0.25) is 5.91 Å². The average Bonchev–Trinajstić information content (AvgIpc) is 2.53. The number of thioether (sulfide) groups is 1. The van der Waals surface area contributed by atoms with Crippen LogP contribution in [-0.2, 0) is 4.79 Å². The van der Waals surface area contributed by atoms with Crippen LogP contribution in [-0.4, -0.2) is 16.4 Å². The van der Waals surface area contributed by atoms with Crippen LogP contribution in [0.3, 0.4) is 0 Å². The Morgan fingerprint density at radius 3 is 3.00 bits per heavy atom. The molecule has 14 heavy (non-hydrogen) atoms. The Bertz CT molecular complexity index is 230. The third-order valence-electron chi connectivity index (χ3n) is 1.84. The molecule has 1 atom stereocenters. The molecule has 0 aromatic carbocycles. The van der Waals surface area contributed by atoms with Crippen molar-refractivity contribution in [2.45, 2.75) is 44.9 Å². The zero-order valence-electron chi connectivity index (χ0n) is 8.67. The molecule has 0 aromatic rings. The summed E-state index contributed by atoms with van der Waals surface area (Å²) in [5.74, 6) is 0.0534. The fourth-order valence-corrected chi connectivity index (χ4v) is 2.18. The summed E-state index contributed by atoms with van der Waals surface area (Å²) in [4.78, 5) is 11.2. The summed E-state index contributed by atoms with van der Waals surface area (Å²) in [6, 6.07) is 0. The molecule has 0 radical (unpaired) electrons. The topological polar surface area (TPSA) is 53.5 Å². The minimum absolute atomic E-state index is 0.0534. The van der Waals surface area contributed by atoms with Crippen LogP contribution in [0.15, 0.2) is 5.10 Å². The lowest BCUT2D eigenvalue weighted by molar-refractivity contribution is -0.119. The predicted octanol–water partition coefficient (Wildman–Crippen LogP) is 1.64. The van der Waals surface area contributed by atoms with Crippen molar-refractivity contribution in [1.82, 2.24) is 10.7 Å². The molecule has 0 fully saturated rings. The van der Waals surface area contributed by atoms with Gasteiger partial charge in [-0.1, -0.05) is 32.0 Å². The van der Waals surface area contributed by atoms with Crippen molar-refractivity contribution in [3.05, 3.63) is 0 Å². The molecule has 1 amide bonds. The molecule has 0 aliphatic carbocycles. The Hall–Kier alpha value is -0.710. The van der Waals surface area contributed by atoms with Crippen molar-refractivity contribution in [2.75, 3.05) is 0 Å². The maximum Gasteiger partial charge on any atom is 0.225 e. The first-order valence-corrected chi connectivity index (χ1v) is 5.94. The number of carbonyl (C=O) groups excluding carboxylic acids is 1. The molecular weight excluding hydrogens is 198 g/mol. The SMILES string of the molecule is CCCC(=O)NC1=NNC(CCC)S1. The highest BCUT2D eigenvalue weighted by molar-refractivity contribution is 8.14. The summed E-state index contributed by atoms with van der Waals surface area (Å²) in [5.41, 5.74) is 2.99. The van der Waals surface area contributed by atoms with Crippen LogP contribution in [0.5, 0.6) is 0 Å². The Morgan fingerprint density at radius 1 is 1.57 bits per heavy atom. The van der Waals surface area contributed by atoms with Crippen LogP contribution in [0.1, 0.15) is 39.5 Å². The second kappa shape index (κ2) is 5.90. The molecule has 1 aliphatic rings. The van der Waals surface area contributed by atoms with Gasteiger partial charge in [0.05, 0.1) is 5.37 Å². The van der Waals surface area contributed by atoms with Gasteiger partial charge in [-0.2, -0.15) is 5.10 Å². The van der Waals surface area contributed by atoms with Gasteiger partial charge in [-0.3, -0.25) is 10.2 Å². The average molecular weight is 215 g/mol. The van der Waals surface area contributed by atoms with Crippen molar-refractivity contribution in [1.29, 1.82) is 0 Å². The molecule has 0 bridgehead atoms. The zero-order valence-corrected chi connectivity index (χ0v) is 9.49. The molecule has 2 N–H and O–H groups in total. The molecule has 4 nitrogen and oxygen atoms in total. The van der Waals surface area contributed by atoms with E-state index in [0.717, 1.165) is 19.3 Å². The van der Waals surface area contributed by atoms with Crippen LogP contribution >= 0.6 is 11.8 Å². The molecule has 80 valence electrons. The maximum absolute atomic E-state index is 11.2. The van der Waals surface area contributed by atoms with Gasteiger partial charge < -0.3 is 5.32 Å². The molecule has 0 aromatic heterocycles.